The Kier molecular flexibility index (Phi) is 5.80. The summed E-state index contributed by atoms with van der Waals surface area (Å²) in [5.41, 5.74) is 1.37. The van der Waals surface area contributed by atoms with Crippen LogP contribution in [0.15, 0.2) is 36.4 Å². The molecule has 1 heterocycles. The molecule has 0 aliphatic carbocycles. The summed E-state index contributed by atoms with van der Waals surface area (Å²) >= 11 is 0. The van der Waals surface area contributed by atoms with Gasteiger partial charge in [0.2, 0.25) is 5.88 Å². The number of benzene rings is 1. The quantitative estimate of drug-likeness (QED) is 0.847. The Balaban J connectivity index is 1.92. The third-order valence-corrected chi connectivity index (χ3v) is 3.31. The number of carbonyl (C=O) groups is 1. The Labute approximate surface area is 135 Å². The lowest BCUT2D eigenvalue weighted by atomic mass is 10.1. The Hall–Kier alpha value is -2.76. The highest BCUT2D eigenvalue weighted by atomic mass is 16.5. The second kappa shape index (κ2) is 8.03. The molecule has 0 radical (unpaired) electrons. The van der Waals surface area contributed by atoms with E-state index in [0.717, 1.165) is 5.56 Å². The van der Waals surface area contributed by atoms with E-state index in [1.807, 2.05) is 18.2 Å². The van der Waals surface area contributed by atoms with Crippen LogP contribution in [0, 0.1) is 0 Å². The summed E-state index contributed by atoms with van der Waals surface area (Å²) < 4.78 is 15.5. The molecular formula is C17H20N2O4. The topological polar surface area (TPSA) is 69.7 Å². The van der Waals surface area contributed by atoms with Crippen LogP contribution < -0.4 is 19.5 Å². The van der Waals surface area contributed by atoms with Crippen molar-refractivity contribution in [3.63, 3.8) is 0 Å². The maximum Gasteiger partial charge on any atom is 0.270 e. The lowest BCUT2D eigenvalue weighted by Gasteiger charge is -2.10. The molecule has 1 amide bonds. The molecule has 0 saturated heterocycles. The van der Waals surface area contributed by atoms with E-state index in [9.17, 15) is 4.79 Å². The Morgan fingerprint density at radius 1 is 1.04 bits per heavy atom. The molecule has 0 aliphatic heterocycles. The third-order valence-electron chi connectivity index (χ3n) is 3.31. The zero-order valence-corrected chi connectivity index (χ0v) is 13.5. The molecule has 2 rings (SSSR count). The molecule has 0 atom stereocenters. The zero-order valence-electron chi connectivity index (χ0n) is 13.5. The smallest absolute Gasteiger partial charge is 0.270 e. The fourth-order valence-corrected chi connectivity index (χ4v) is 2.10. The van der Waals surface area contributed by atoms with Crippen LogP contribution in [0.4, 0.5) is 0 Å². The van der Waals surface area contributed by atoms with Crippen LogP contribution in [0.1, 0.15) is 16.1 Å². The summed E-state index contributed by atoms with van der Waals surface area (Å²) in [6.07, 6.45) is 0.677. The molecule has 1 N–H and O–H groups in total. The van der Waals surface area contributed by atoms with Gasteiger partial charge in [-0.25, -0.2) is 4.98 Å². The number of aromatic nitrogens is 1. The fourth-order valence-electron chi connectivity index (χ4n) is 2.10. The number of nitrogens with zero attached hydrogens (tertiary/aromatic N) is 1. The van der Waals surface area contributed by atoms with Gasteiger partial charge >= 0.3 is 0 Å². The van der Waals surface area contributed by atoms with E-state index >= 15 is 0 Å². The summed E-state index contributed by atoms with van der Waals surface area (Å²) in [4.78, 5) is 16.1. The molecule has 23 heavy (non-hydrogen) atoms. The normalized spacial score (nSPS) is 10.0. The average molecular weight is 316 g/mol. The van der Waals surface area contributed by atoms with Crippen LogP contribution in [0.3, 0.4) is 0 Å². The van der Waals surface area contributed by atoms with E-state index in [1.54, 1.807) is 32.4 Å². The molecule has 0 bridgehead atoms. The number of pyridine rings is 1. The van der Waals surface area contributed by atoms with Crippen molar-refractivity contribution < 1.29 is 19.0 Å². The summed E-state index contributed by atoms with van der Waals surface area (Å²) in [6.45, 7) is 0.493. The second-order valence-electron chi connectivity index (χ2n) is 4.76. The Morgan fingerprint density at radius 2 is 1.83 bits per heavy atom. The van der Waals surface area contributed by atoms with Crippen LogP contribution >= 0.6 is 0 Å². The van der Waals surface area contributed by atoms with Crippen LogP contribution in [-0.2, 0) is 6.42 Å². The summed E-state index contributed by atoms with van der Waals surface area (Å²) in [5.74, 6) is 1.54. The van der Waals surface area contributed by atoms with E-state index in [-0.39, 0.29) is 5.91 Å². The number of amides is 1. The zero-order chi connectivity index (χ0) is 16.7. The first kappa shape index (κ1) is 16.6. The molecule has 6 heteroatoms. The van der Waals surface area contributed by atoms with E-state index in [4.69, 9.17) is 14.2 Å². The van der Waals surface area contributed by atoms with Crippen molar-refractivity contribution in [1.82, 2.24) is 10.3 Å². The predicted molar refractivity (Wildman–Crippen MR) is 86.4 cm³/mol. The van der Waals surface area contributed by atoms with Gasteiger partial charge in [0.05, 0.1) is 21.3 Å². The molecule has 6 nitrogen and oxygen atoms in total. The fraction of sp³-hybridized carbons (Fsp3) is 0.294. The minimum atomic E-state index is -0.232. The summed E-state index contributed by atoms with van der Waals surface area (Å²) in [7, 11) is 4.71. The van der Waals surface area contributed by atoms with Crippen LogP contribution in [-0.4, -0.2) is 38.8 Å². The summed E-state index contributed by atoms with van der Waals surface area (Å²) in [6, 6.07) is 10.8. The van der Waals surface area contributed by atoms with Gasteiger partial charge in [-0.1, -0.05) is 12.1 Å². The minimum absolute atomic E-state index is 0.232. The molecule has 2 aromatic rings. The molecule has 0 spiro atoms. The van der Waals surface area contributed by atoms with Crippen molar-refractivity contribution in [1.29, 1.82) is 0 Å². The maximum absolute atomic E-state index is 12.1. The van der Waals surface area contributed by atoms with Crippen molar-refractivity contribution in [3.8, 4) is 17.4 Å². The highest BCUT2D eigenvalue weighted by Crippen LogP contribution is 2.27. The van der Waals surface area contributed by atoms with Crippen molar-refractivity contribution in [2.24, 2.45) is 0 Å². The highest BCUT2D eigenvalue weighted by molar-refractivity contribution is 5.92. The highest BCUT2D eigenvalue weighted by Gasteiger charge is 2.09. The standard InChI is InChI=1S/C17H20N2O4/c1-21-14-8-7-12(11-15(14)22-2)9-10-18-17(20)13-5-4-6-16(19-13)23-3/h4-8,11H,9-10H2,1-3H3,(H,18,20). The van der Waals surface area contributed by atoms with Crippen LogP contribution in [0.5, 0.6) is 17.4 Å². The predicted octanol–water partition coefficient (Wildman–Crippen LogP) is 2.08. The van der Waals surface area contributed by atoms with Gasteiger partial charge in [0.15, 0.2) is 11.5 Å². The largest absolute Gasteiger partial charge is 0.493 e. The van der Waals surface area contributed by atoms with Gasteiger partial charge in [-0.2, -0.15) is 0 Å². The molecule has 1 aromatic carbocycles. The van der Waals surface area contributed by atoms with Crippen molar-refractivity contribution in [3.05, 3.63) is 47.7 Å². The number of hydrogen-bond acceptors (Lipinski definition) is 5. The van der Waals surface area contributed by atoms with Gasteiger partial charge in [-0.05, 0) is 30.2 Å². The van der Waals surface area contributed by atoms with Gasteiger partial charge in [0.25, 0.3) is 5.91 Å². The Bertz CT molecular complexity index is 673. The molecule has 0 saturated carbocycles. The third kappa shape index (κ3) is 4.35. The van der Waals surface area contributed by atoms with Gasteiger partial charge in [-0.15, -0.1) is 0 Å². The first-order chi connectivity index (χ1) is 11.2. The number of rotatable bonds is 7. The lowest BCUT2D eigenvalue weighted by Crippen LogP contribution is -2.26. The molecule has 0 unspecified atom stereocenters. The number of ether oxygens (including phenoxy) is 3. The van der Waals surface area contributed by atoms with Crippen molar-refractivity contribution >= 4 is 5.91 Å². The first-order valence-electron chi connectivity index (χ1n) is 7.18. The minimum Gasteiger partial charge on any atom is -0.493 e. The molecule has 1 aromatic heterocycles. The molecule has 0 fully saturated rings. The number of hydrogen-bond donors (Lipinski definition) is 1. The lowest BCUT2D eigenvalue weighted by molar-refractivity contribution is 0.0948. The Morgan fingerprint density at radius 3 is 2.52 bits per heavy atom. The van der Waals surface area contributed by atoms with E-state index in [1.165, 1.54) is 7.11 Å². The number of carbonyl (C=O) groups excluding carboxylic acids is 1. The van der Waals surface area contributed by atoms with E-state index < -0.39 is 0 Å². The van der Waals surface area contributed by atoms with Crippen molar-refractivity contribution in [2.75, 3.05) is 27.9 Å². The van der Waals surface area contributed by atoms with E-state index in [2.05, 4.69) is 10.3 Å². The first-order valence-corrected chi connectivity index (χ1v) is 7.18. The van der Waals surface area contributed by atoms with Crippen molar-refractivity contribution in [2.45, 2.75) is 6.42 Å². The molecule has 122 valence electrons. The van der Waals surface area contributed by atoms with Gasteiger partial charge in [0.1, 0.15) is 5.69 Å². The van der Waals surface area contributed by atoms with E-state index in [0.29, 0.717) is 36.0 Å². The van der Waals surface area contributed by atoms with Gasteiger partial charge in [-0.3, -0.25) is 4.79 Å². The van der Waals surface area contributed by atoms with Gasteiger partial charge < -0.3 is 19.5 Å². The monoisotopic (exact) mass is 316 g/mol. The van der Waals surface area contributed by atoms with Crippen LogP contribution in [0.25, 0.3) is 0 Å². The maximum atomic E-state index is 12.1. The average Bonchev–Trinajstić information content (AvgIpc) is 2.61. The molecule has 0 aliphatic rings. The number of methoxy groups -OCH3 is 3. The summed E-state index contributed by atoms with van der Waals surface area (Å²) in [5, 5.41) is 2.84. The second-order valence-corrected chi connectivity index (χ2v) is 4.76. The SMILES string of the molecule is COc1cccc(C(=O)NCCc2ccc(OC)c(OC)c2)n1. The van der Waals surface area contributed by atoms with Gasteiger partial charge in [0, 0.05) is 12.6 Å². The molecular weight excluding hydrogens is 296 g/mol. The van der Waals surface area contributed by atoms with Crippen LogP contribution in [0.2, 0.25) is 0 Å². The number of nitrogens with one attached hydrogen (secondary N) is 1.